The second-order valence-electron chi connectivity index (χ2n) is 6.36. The number of anilines is 2. The summed E-state index contributed by atoms with van der Waals surface area (Å²) in [5.74, 6) is 1.22. The fourth-order valence-electron chi connectivity index (χ4n) is 3.08. The first-order valence-corrected chi connectivity index (χ1v) is 9.83. The lowest BCUT2D eigenvalue weighted by Crippen LogP contribution is -2.11. The predicted octanol–water partition coefficient (Wildman–Crippen LogP) is 3.14. The first-order valence-electron chi connectivity index (χ1n) is 8.28. The molecular formula is C19H18N4O2S. The van der Waals surface area contributed by atoms with Crippen LogP contribution in [0.15, 0.2) is 71.8 Å². The lowest BCUT2D eigenvalue weighted by molar-refractivity contribution is 0.598. The molecule has 1 fully saturated rings. The van der Waals surface area contributed by atoms with Crippen molar-refractivity contribution in [1.29, 1.82) is 0 Å². The quantitative estimate of drug-likeness (QED) is 0.723. The van der Waals surface area contributed by atoms with Gasteiger partial charge in [0, 0.05) is 23.5 Å². The number of para-hydroxylation sites is 1. The molecule has 1 heterocycles. The summed E-state index contributed by atoms with van der Waals surface area (Å²) in [6.45, 7) is 0. The van der Waals surface area contributed by atoms with Gasteiger partial charge in [0.1, 0.15) is 0 Å². The van der Waals surface area contributed by atoms with E-state index in [0.717, 1.165) is 23.4 Å². The Morgan fingerprint density at radius 3 is 2.38 bits per heavy atom. The summed E-state index contributed by atoms with van der Waals surface area (Å²) >= 11 is 0. The molecule has 1 aromatic heterocycles. The van der Waals surface area contributed by atoms with Crippen LogP contribution in [0.3, 0.4) is 0 Å². The smallest absolute Gasteiger partial charge is 0.238 e. The molecule has 3 aromatic rings. The van der Waals surface area contributed by atoms with Crippen LogP contribution in [0.1, 0.15) is 29.5 Å². The van der Waals surface area contributed by atoms with Gasteiger partial charge in [0.05, 0.1) is 4.90 Å². The Hall–Kier alpha value is -2.77. The van der Waals surface area contributed by atoms with Gasteiger partial charge in [0.25, 0.3) is 0 Å². The molecular weight excluding hydrogens is 348 g/mol. The van der Waals surface area contributed by atoms with Gasteiger partial charge in [-0.05, 0) is 48.2 Å². The number of nitrogens with two attached hydrogens (primary N) is 1. The first kappa shape index (κ1) is 16.7. The number of hydrogen-bond donors (Lipinski definition) is 2. The molecule has 3 N–H and O–H groups in total. The largest absolute Gasteiger partial charge is 0.324 e. The maximum absolute atomic E-state index is 11.4. The minimum atomic E-state index is -3.65. The van der Waals surface area contributed by atoms with E-state index < -0.39 is 10.0 Å². The number of sulfonamides is 1. The lowest BCUT2D eigenvalue weighted by Gasteiger charge is -2.06. The third-order valence-corrected chi connectivity index (χ3v) is 5.44. The summed E-state index contributed by atoms with van der Waals surface area (Å²) in [5.41, 5.74) is 3.02. The van der Waals surface area contributed by atoms with Gasteiger partial charge in [0.2, 0.25) is 16.0 Å². The average Bonchev–Trinajstić information content (AvgIpc) is 3.43. The van der Waals surface area contributed by atoms with E-state index in [-0.39, 0.29) is 4.90 Å². The molecule has 2 aromatic carbocycles. The summed E-state index contributed by atoms with van der Waals surface area (Å²) in [7, 11) is -3.65. The van der Waals surface area contributed by atoms with E-state index in [2.05, 4.69) is 15.3 Å². The van der Waals surface area contributed by atoms with E-state index in [9.17, 15) is 8.42 Å². The normalized spacial score (nSPS) is 19.1. The Kier molecular flexibility index (Phi) is 4.18. The van der Waals surface area contributed by atoms with Crippen LogP contribution in [-0.4, -0.2) is 18.4 Å². The zero-order valence-corrected chi connectivity index (χ0v) is 14.7. The number of nitrogens with one attached hydrogen (secondary N) is 1. The van der Waals surface area contributed by atoms with Crippen LogP contribution in [0.2, 0.25) is 0 Å². The molecule has 0 bridgehead atoms. The molecule has 26 heavy (non-hydrogen) atoms. The molecule has 132 valence electrons. The van der Waals surface area contributed by atoms with E-state index in [1.54, 1.807) is 18.3 Å². The molecule has 1 aliphatic carbocycles. The highest BCUT2D eigenvalue weighted by molar-refractivity contribution is 7.89. The van der Waals surface area contributed by atoms with Gasteiger partial charge in [-0.15, -0.1) is 0 Å². The van der Waals surface area contributed by atoms with Crippen LogP contribution in [0.25, 0.3) is 0 Å². The van der Waals surface area contributed by atoms with Crippen LogP contribution >= 0.6 is 0 Å². The summed E-state index contributed by atoms with van der Waals surface area (Å²) in [6.07, 6.45) is 2.74. The molecule has 6 nitrogen and oxygen atoms in total. The van der Waals surface area contributed by atoms with E-state index in [1.807, 2.05) is 48.5 Å². The van der Waals surface area contributed by atoms with Gasteiger partial charge in [-0.1, -0.05) is 30.3 Å². The highest BCUT2D eigenvalue weighted by Gasteiger charge is 2.40. The number of primary sulfonamides is 1. The minimum Gasteiger partial charge on any atom is -0.324 e. The Balaban J connectivity index is 1.49. The second kappa shape index (κ2) is 6.51. The standard InChI is InChI=1S/C19H18N4O2S/c20-26(24,25)15-8-6-13(7-9-15)16-12-17(16)18-10-11-21-19(23-18)22-14-4-2-1-3-5-14/h1-11,16-17H,12H2,(H2,20,24,25)(H,21,22,23)/t16-,17+/m0/s1. The zero-order chi connectivity index (χ0) is 18.1. The van der Waals surface area contributed by atoms with Gasteiger partial charge in [-0.3, -0.25) is 0 Å². The molecule has 4 rings (SSSR count). The molecule has 0 amide bonds. The number of aromatic nitrogens is 2. The van der Waals surface area contributed by atoms with Crippen LogP contribution in [0.4, 0.5) is 11.6 Å². The summed E-state index contributed by atoms with van der Waals surface area (Å²) in [4.78, 5) is 9.04. The Morgan fingerprint density at radius 2 is 1.69 bits per heavy atom. The average molecular weight is 366 g/mol. The molecule has 0 radical (unpaired) electrons. The van der Waals surface area contributed by atoms with Crippen molar-refractivity contribution in [2.45, 2.75) is 23.2 Å². The van der Waals surface area contributed by atoms with Crippen molar-refractivity contribution in [1.82, 2.24) is 9.97 Å². The van der Waals surface area contributed by atoms with Crippen LogP contribution in [-0.2, 0) is 10.0 Å². The molecule has 0 unspecified atom stereocenters. The predicted molar refractivity (Wildman–Crippen MR) is 99.7 cm³/mol. The van der Waals surface area contributed by atoms with Crippen molar-refractivity contribution >= 4 is 21.7 Å². The van der Waals surface area contributed by atoms with Crippen LogP contribution in [0, 0.1) is 0 Å². The van der Waals surface area contributed by atoms with Crippen molar-refractivity contribution < 1.29 is 8.42 Å². The van der Waals surface area contributed by atoms with Crippen molar-refractivity contribution in [3.05, 3.63) is 78.1 Å². The molecule has 0 spiro atoms. The Labute approximate surface area is 152 Å². The molecule has 2 atom stereocenters. The number of nitrogens with zero attached hydrogens (tertiary/aromatic N) is 2. The van der Waals surface area contributed by atoms with Gasteiger partial charge in [0.15, 0.2) is 0 Å². The highest BCUT2D eigenvalue weighted by atomic mass is 32.2. The summed E-state index contributed by atoms with van der Waals surface area (Å²) in [5, 5.41) is 8.35. The summed E-state index contributed by atoms with van der Waals surface area (Å²) < 4.78 is 22.7. The molecule has 7 heteroatoms. The van der Waals surface area contributed by atoms with E-state index in [4.69, 9.17) is 5.14 Å². The van der Waals surface area contributed by atoms with Gasteiger partial charge in [-0.25, -0.2) is 23.5 Å². The number of hydrogen-bond acceptors (Lipinski definition) is 5. The van der Waals surface area contributed by atoms with E-state index in [1.165, 1.54) is 0 Å². The molecule has 0 aliphatic heterocycles. The van der Waals surface area contributed by atoms with Crippen molar-refractivity contribution in [2.24, 2.45) is 5.14 Å². The maximum Gasteiger partial charge on any atom is 0.238 e. The maximum atomic E-state index is 11.4. The highest BCUT2D eigenvalue weighted by Crippen LogP contribution is 2.54. The van der Waals surface area contributed by atoms with Crippen molar-refractivity contribution in [3.63, 3.8) is 0 Å². The second-order valence-corrected chi connectivity index (χ2v) is 7.92. The van der Waals surface area contributed by atoms with Crippen molar-refractivity contribution in [3.8, 4) is 0 Å². The molecule has 1 saturated carbocycles. The number of rotatable bonds is 5. The summed E-state index contributed by atoms with van der Waals surface area (Å²) in [6, 6.07) is 18.5. The topological polar surface area (TPSA) is 98.0 Å². The minimum absolute atomic E-state index is 0.134. The van der Waals surface area contributed by atoms with E-state index in [0.29, 0.717) is 17.8 Å². The molecule has 1 aliphatic rings. The third kappa shape index (κ3) is 3.58. The number of benzene rings is 2. The van der Waals surface area contributed by atoms with Crippen molar-refractivity contribution in [2.75, 3.05) is 5.32 Å². The Bertz CT molecular complexity index is 1020. The zero-order valence-electron chi connectivity index (χ0n) is 13.9. The van der Waals surface area contributed by atoms with Gasteiger partial charge in [-0.2, -0.15) is 0 Å². The van der Waals surface area contributed by atoms with E-state index >= 15 is 0 Å². The van der Waals surface area contributed by atoms with Gasteiger partial charge < -0.3 is 5.32 Å². The Morgan fingerprint density at radius 1 is 0.962 bits per heavy atom. The monoisotopic (exact) mass is 366 g/mol. The lowest BCUT2D eigenvalue weighted by atomic mass is 10.1. The fraction of sp³-hybridized carbons (Fsp3) is 0.158. The SMILES string of the molecule is NS(=O)(=O)c1ccc([C@@H]2C[C@H]2c2ccnc(Nc3ccccc3)n2)cc1. The first-order chi connectivity index (χ1) is 12.5. The third-order valence-electron chi connectivity index (χ3n) is 4.51. The fourth-order valence-corrected chi connectivity index (χ4v) is 3.60. The van der Waals surface area contributed by atoms with Crippen LogP contribution in [0.5, 0.6) is 0 Å². The van der Waals surface area contributed by atoms with Crippen LogP contribution < -0.4 is 10.5 Å². The molecule has 0 saturated heterocycles. The van der Waals surface area contributed by atoms with Gasteiger partial charge >= 0.3 is 0 Å².